The Balaban J connectivity index is 1.81. The summed E-state index contributed by atoms with van der Waals surface area (Å²) in [5.74, 6) is 0. The third kappa shape index (κ3) is 4.61. The molecule has 0 saturated heterocycles. The molecule has 0 saturated carbocycles. The molecule has 0 bridgehead atoms. The summed E-state index contributed by atoms with van der Waals surface area (Å²) in [5.41, 5.74) is 11.7. The van der Waals surface area contributed by atoms with Crippen LogP contribution in [-0.2, 0) is 4.84 Å². The van der Waals surface area contributed by atoms with Crippen LogP contribution < -0.4 is 5.73 Å². The molecule has 3 rings (SSSR count). The maximum Gasteiger partial charge on any atom is 0.135 e. The van der Waals surface area contributed by atoms with Gasteiger partial charge in [0.05, 0.1) is 0 Å². The summed E-state index contributed by atoms with van der Waals surface area (Å²) in [4.78, 5) is 5.57. The lowest BCUT2D eigenvalue weighted by molar-refractivity contribution is 0.175. The summed E-state index contributed by atoms with van der Waals surface area (Å²) in [7, 11) is 0. The number of hydrogen-bond acceptors (Lipinski definition) is 3. The van der Waals surface area contributed by atoms with E-state index in [1.165, 1.54) is 0 Å². The third-order valence-corrected chi connectivity index (χ3v) is 3.95. The van der Waals surface area contributed by atoms with Crippen LogP contribution in [0.15, 0.2) is 90.1 Å². The van der Waals surface area contributed by atoms with Gasteiger partial charge < -0.3 is 10.6 Å². The predicted molar refractivity (Wildman–Crippen MR) is 109 cm³/mol. The molecule has 0 aromatic heterocycles. The zero-order chi connectivity index (χ0) is 18.2. The van der Waals surface area contributed by atoms with Crippen LogP contribution in [0.2, 0.25) is 0 Å². The van der Waals surface area contributed by atoms with Gasteiger partial charge in [0.25, 0.3) is 0 Å². The maximum absolute atomic E-state index is 6.18. The van der Waals surface area contributed by atoms with Gasteiger partial charge in [0, 0.05) is 16.8 Å². The highest BCUT2D eigenvalue weighted by Crippen LogP contribution is 2.19. The lowest BCUT2D eigenvalue weighted by Crippen LogP contribution is -2.08. The number of nitrogens with zero attached hydrogens (tertiary/aromatic N) is 1. The SMILES string of the molecule is Cc1ccc(N)c(/C(=N/OC/C=C/c2ccccc2)c2ccccc2)c1. The van der Waals surface area contributed by atoms with Crippen molar-refractivity contribution in [2.75, 3.05) is 12.3 Å². The van der Waals surface area contributed by atoms with Gasteiger partial charge in [-0.2, -0.15) is 0 Å². The smallest absolute Gasteiger partial charge is 0.135 e. The molecule has 0 unspecified atom stereocenters. The van der Waals surface area contributed by atoms with Crippen LogP contribution in [0.1, 0.15) is 22.3 Å². The van der Waals surface area contributed by atoms with Gasteiger partial charge in [-0.25, -0.2) is 0 Å². The molecule has 2 N–H and O–H groups in total. The van der Waals surface area contributed by atoms with E-state index in [0.717, 1.165) is 28.0 Å². The lowest BCUT2D eigenvalue weighted by atomic mass is 9.99. The Morgan fingerprint density at radius 2 is 1.65 bits per heavy atom. The summed E-state index contributed by atoms with van der Waals surface area (Å²) >= 11 is 0. The molecule has 0 spiro atoms. The molecule has 3 aromatic rings. The molecule has 0 atom stereocenters. The zero-order valence-corrected chi connectivity index (χ0v) is 14.8. The van der Waals surface area contributed by atoms with E-state index in [1.807, 2.05) is 97.9 Å². The largest absolute Gasteiger partial charge is 0.398 e. The molecule has 0 amide bonds. The Morgan fingerprint density at radius 3 is 2.38 bits per heavy atom. The first kappa shape index (κ1) is 17.5. The van der Waals surface area contributed by atoms with E-state index in [9.17, 15) is 0 Å². The molecular weight excluding hydrogens is 320 g/mol. The molecular formula is C23H22N2O. The fraction of sp³-hybridized carbons (Fsp3) is 0.0870. The Hall–Kier alpha value is -3.33. The first-order chi connectivity index (χ1) is 12.7. The standard InChI is InChI=1S/C23H22N2O/c1-18-14-15-22(24)21(17-18)23(20-12-6-3-7-13-20)25-26-16-8-11-19-9-4-2-5-10-19/h2-15,17H,16,24H2,1H3/b11-8+,25-23+. The zero-order valence-electron chi connectivity index (χ0n) is 14.8. The third-order valence-electron chi connectivity index (χ3n) is 3.95. The van der Waals surface area contributed by atoms with Gasteiger partial charge >= 0.3 is 0 Å². The average Bonchev–Trinajstić information content (AvgIpc) is 2.68. The normalized spacial score (nSPS) is 11.7. The fourth-order valence-electron chi connectivity index (χ4n) is 2.62. The molecule has 130 valence electrons. The van der Waals surface area contributed by atoms with Crippen LogP contribution >= 0.6 is 0 Å². The fourth-order valence-corrected chi connectivity index (χ4v) is 2.62. The van der Waals surface area contributed by atoms with Crippen LogP contribution in [0.5, 0.6) is 0 Å². The number of anilines is 1. The van der Waals surface area contributed by atoms with Gasteiger partial charge in [-0.05, 0) is 30.7 Å². The average molecular weight is 342 g/mol. The Morgan fingerprint density at radius 1 is 0.962 bits per heavy atom. The molecule has 0 fully saturated rings. The molecule has 0 radical (unpaired) electrons. The van der Waals surface area contributed by atoms with Crippen molar-refractivity contribution in [2.45, 2.75) is 6.92 Å². The van der Waals surface area contributed by atoms with Gasteiger partial charge in [0.2, 0.25) is 0 Å². The van der Waals surface area contributed by atoms with Crippen molar-refractivity contribution in [2.24, 2.45) is 5.16 Å². The van der Waals surface area contributed by atoms with E-state index in [-0.39, 0.29) is 0 Å². The minimum Gasteiger partial charge on any atom is -0.398 e. The summed E-state index contributed by atoms with van der Waals surface area (Å²) in [6.45, 7) is 2.42. The topological polar surface area (TPSA) is 47.6 Å². The highest BCUT2D eigenvalue weighted by Gasteiger charge is 2.11. The van der Waals surface area contributed by atoms with Crippen LogP contribution in [0, 0.1) is 6.92 Å². The van der Waals surface area contributed by atoms with Gasteiger partial charge in [-0.1, -0.05) is 83.5 Å². The summed E-state index contributed by atoms with van der Waals surface area (Å²) in [5, 5.41) is 4.38. The van der Waals surface area contributed by atoms with E-state index in [2.05, 4.69) is 5.16 Å². The molecule has 0 heterocycles. The van der Waals surface area contributed by atoms with Crippen molar-refractivity contribution in [1.82, 2.24) is 0 Å². The minimum atomic E-state index is 0.386. The number of oxime groups is 1. The Labute approximate surface area is 154 Å². The van der Waals surface area contributed by atoms with Crippen molar-refractivity contribution >= 4 is 17.5 Å². The number of aryl methyl sites for hydroxylation is 1. The summed E-state index contributed by atoms with van der Waals surface area (Å²) < 4.78 is 0. The van der Waals surface area contributed by atoms with Crippen molar-refractivity contribution in [3.8, 4) is 0 Å². The van der Waals surface area contributed by atoms with Crippen LogP contribution in [-0.4, -0.2) is 12.3 Å². The second kappa shape index (κ2) is 8.67. The molecule has 0 aliphatic rings. The second-order valence-corrected chi connectivity index (χ2v) is 6.01. The van der Waals surface area contributed by atoms with Crippen molar-refractivity contribution in [3.05, 3.63) is 107 Å². The van der Waals surface area contributed by atoms with E-state index >= 15 is 0 Å². The van der Waals surface area contributed by atoms with E-state index in [0.29, 0.717) is 12.3 Å². The van der Waals surface area contributed by atoms with Crippen molar-refractivity contribution in [1.29, 1.82) is 0 Å². The van der Waals surface area contributed by atoms with Crippen LogP contribution in [0.25, 0.3) is 6.08 Å². The van der Waals surface area contributed by atoms with Crippen molar-refractivity contribution in [3.63, 3.8) is 0 Å². The van der Waals surface area contributed by atoms with E-state index < -0.39 is 0 Å². The van der Waals surface area contributed by atoms with Gasteiger partial charge in [0.15, 0.2) is 0 Å². The Bertz CT molecular complexity index is 900. The van der Waals surface area contributed by atoms with E-state index in [4.69, 9.17) is 10.6 Å². The van der Waals surface area contributed by atoms with Gasteiger partial charge in [-0.3, -0.25) is 0 Å². The monoisotopic (exact) mass is 342 g/mol. The van der Waals surface area contributed by atoms with Crippen molar-refractivity contribution < 1.29 is 4.84 Å². The summed E-state index contributed by atoms with van der Waals surface area (Å²) in [6, 6.07) is 26.0. The van der Waals surface area contributed by atoms with Gasteiger partial charge in [0.1, 0.15) is 12.3 Å². The number of rotatable bonds is 6. The highest BCUT2D eigenvalue weighted by molar-refractivity contribution is 6.15. The quantitative estimate of drug-likeness (QED) is 0.295. The molecule has 3 heteroatoms. The summed E-state index contributed by atoms with van der Waals surface area (Å²) in [6.07, 6.45) is 3.96. The first-order valence-electron chi connectivity index (χ1n) is 8.57. The molecule has 0 aliphatic carbocycles. The molecule has 0 aliphatic heterocycles. The number of benzene rings is 3. The first-order valence-corrected chi connectivity index (χ1v) is 8.57. The maximum atomic E-state index is 6.18. The molecule has 26 heavy (non-hydrogen) atoms. The van der Waals surface area contributed by atoms with E-state index in [1.54, 1.807) is 0 Å². The highest BCUT2D eigenvalue weighted by atomic mass is 16.6. The van der Waals surface area contributed by atoms with Crippen LogP contribution in [0.3, 0.4) is 0 Å². The van der Waals surface area contributed by atoms with Crippen LogP contribution in [0.4, 0.5) is 5.69 Å². The predicted octanol–water partition coefficient (Wildman–Crippen LogP) is 5.06. The molecule has 3 aromatic carbocycles. The second-order valence-electron chi connectivity index (χ2n) is 6.01. The van der Waals surface area contributed by atoms with Gasteiger partial charge in [-0.15, -0.1) is 0 Å². The molecule has 3 nitrogen and oxygen atoms in total. The minimum absolute atomic E-state index is 0.386. The Kier molecular flexibility index (Phi) is 5.84. The number of hydrogen-bond donors (Lipinski definition) is 1. The number of nitrogen functional groups attached to an aromatic ring is 1. The number of nitrogens with two attached hydrogens (primary N) is 1. The lowest BCUT2D eigenvalue weighted by Gasteiger charge is -2.10.